The standard InChI is InChI=1S/C15H18N2O2/c1-10(2)9-17(3)15(19)12-4-6-13-11(8-12)5-7-14(18)16-13/h4,6,8H,1,5,7,9H2,2-3H3,(H,16,18). The molecule has 4 heteroatoms. The van der Waals surface area contributed by atoms with Gasteiger partial charge < -0.3 is 10.2 Å². The minimum absolute atomic E-state index is 0.0253. The topological polar surface area (TPSA) is 49.4 Å². The van der Waals surface area contributed by atoms with E-state index in [1.54, 1.807) is 24.1 Å². The van der Waals surface area contributed by atoms with Crippen LogP contribution < -0.4 is 5.32 Å². The summed E-state index contributed by atoms with van der Waals surface area (Å²) in [7, 11) is 1.76. The molecule has 19 heavy (non-hydrogen) atoms. The summed E-state index contributed by atoms with van der Waals surface area (Å²) in [4.78, 5) is 25.2. The SMILES string of the molecule is C=C(C)CN(C)C(=O)c1ccc2c(c1)CCC(=O)N2. The molecule has 2 amide bonds. The van der Waals surface area contributed by atoms with E-state index in [4.69, 9.17) is 0 Å². The minimum Gasteiger partial charge on any atom is -0.338 e. The maximum atomic E-state index is 12.2. The second-order valence-corrected chi connectivity index (χ2v) is 5.04. The van der Waals surface area contributed by atoms with Crippen LogP contribution in [0.25, 0.3) is 0 Å². The number of hydrogen-bond acceptors (Lipinski definition) is 2. The van der Waals surface area contributed by atoms with Gasteiger partial charge in [-0.15, -0.1) is 0 Å². The van der Waals surface area contributed by atoms with Gasteiger partial charge in [0.1, 0.15) is 0 Å². The van der Waals surface area contributed by atoms with Gasteiger partial charge in [0.15, 0.2) is 0 Å². The fourth-order valence-corrected chi connectivity index (χ4v) is 2.21. The number of fused-ring (bicyclic) bond motifs is 1. The van der Waals surface area contributed by atoms with Crippen molar-refractivity contribution in [3.05, 3.63) is 41.5 Å². The van der Waals surface area contributed by atoms with Crippen LogP contribution in [0.1, 0.15) is 29.3 Å². The summed E-state index contributed by atoms with van der Waals surface area (Å²) in [5, 5.41) is 2.81. The van der Waals surface area contributed by atoms with Crippen LogP contribution in [0.4, 0.5) is 5.69 Å². The highest BCUT2D eigenvalue weighted by Crippen LogP contribution is 2.24. The van der Waals surface area contributed by atoms with Crippen LogP contribution in [-0.4, -0.2) is 30.3 Å². The zero-order valence-corrected chi connectivity index (χ0v) is 11.3. The Morgan fingerprint density at radius 2 is 2.16 bits per heavy atom. The van der Waals surface area contributed by atoms with Crippen LogP contribution >= 0.6 is 0 Å². The molecule has 0 unspecified atom stereocenters. The number of amides is 2. The highest BCUT2D eigenvalue weighted by atomic mass is 16.2. The second kappa shape index (κ2) is 5.26. The van der Waals surface area contributed by atoms with E-state index in [2.05, 4.69) is 11.9 Å². The van der Waals surface area contributed by atoms with Crippen molar-refractivity contribution < 1.29 is 9.59 Å². The van der Waals surface area contributed by atoms with Crippen molar-refractivity contribution in [1.29, 1.82) is 0 Å². The van der Waals surface area contributed by atoms with Gasteiger partial charge in [0, 0.05) is 31.3 Å². The highest BCUT2D eigenvalue weighted by Gasteiger charge is 2.18. The van der Waals surface area contributed by atoms with E-state index in [0.29, 0.717) is 24.9 Å². The molecular formula is C15H18N2O2. The first kappa shape index (κ1) is 13.3. The lowest BCUT2D eigenvalue weighted by molar-refractivity contribution is -0.116. The Morgan fingerprint density at radius 3 is 2.84 bits per heavy atom. The van der Waals surface area contributed by atoms with Crippen LogP contribution in [0.5, 0.6) is 0 Å². The third-order valence-electron chi connectivity index (χ3n) is 3.10. The first-order valence-corrected chi connectivity index (χ1v) is 6.30. The van der Waals surface area contributed by atoms with E-state index in [-0.39, 0.29) is 11.8 Å². The number of rotatable bonds is 3. The van der Waals surface area contributed by atoms with Crippen molar-refractivity contribution in [3.63, 3.8) is 0 Å². The first-order valence-electron chi connectivity index (χ1n) is 6.30. The molecule has 0 fully saturated rings. The number of likely N-dealkylation sites (N-methyl/N-ethyl adjacent to an activating group) is 1. The fraction of sp³-hybridized carbons (Fsp3) is 0.333. The molecule has 0 saturated heterocycles. The fourth-order valence-electron chi connectivity index (χ4n) is 2.21. The smallest absolute Gasteiger partial charge is 0.253 e. The summed E-state index contributed by atoms with van der Waals surface area (Å²) in [6.45, 7) is 6.25. The predicted molar refractivity (Wildman–Crippen MR) is 75.2 cm³/mol. The molecule has 0 bridgehead atoms. The Balaban J connectivity index is 2.20. The molecule has 0 aromatic heterocycles. The lowest BCUT2D eigenvalue weighted by Gasteiger charge is -2.20. The number of nitrogens with one attached hydrogen (secondary N) is 1. The number of nitrogens with zero attached hydrogens (tertiary/aromatic N) is 1. The molecule has 0 saturated carbocycles. The van der Waals surface area contributed by atoms with Gasteiger partial charge in [-0.1, -0.05) is 12.2 Å². The van der Waals surface area contributed by atoms with Crippen LogP contribution in [0.3, 0.4) is 0 Å². The predicted octanol–water partition coefficient (Wildman–Crippen LogP) is 2.22. The molecule has 1 N–H and O–H groups in total. The van der Waals surface area contributed by atoms with Gasteiger partial charge in [-0.2, -0.15) is 0 Å². The normalized spacial score (nSPS) is 13.5. The molecule has 4 nitrogen and oxygen atoms in total. The summed E-state index contributed by atoms with van der Waals surface area (Å²) in [5.74, 6) is 0.00803. The third kappa shape index (κ3) is 3.02. The maximum absolute atomic E-state index is 12.2. The zero-order chi connectivity index (χ0) is 14.0. The Kier molecular flexibility index (Phi) is 3.69. The monoisotopic (exact) mass is 258 g/mol. The average Bonchev–Trinajstić information content (AvgIpc) is 2.36. The lowest BCUT2D eigenvalue weighted by atomic mass is 10.00. The van der Waals surface area contributed by atoms with E-state index in [1.807, 2.05) is 13.0 Å². The van der Waals surface area contributed by atoms with Crippen LogP contribution in [0.15, 0.2) is 30.4 Å². The average molecular weight is 258 g/mol. The molecule has 2 rings (SSSR count). The van der Waals surface area contributed by atoms with Gasteiger partial charge >= 0.3 is 0 Å². The summed E-state index contributed by atoms with van der Waals surface area (Å²) in [6.07, 6.45) is 1.17. The molecule has 0 atom stereocenters. The molecule has 0 radical (unpaired) electrons. The number of aryl methyl sites for hydroxylation is 1. The number of anilines is 1. The van der Waals surface area contributed by atoms with Gasteiger partial charge in [-0.25, -0.2) is 0 Å². The van der Waals surface area contributed by atoms with E-state index < -0.39 is 0 Å². The van der Waals surface area contributed by atoms with Gasteiger partial charge in [-0.3, -0.25) is 9.59 Å². The van der Waals surface area contributed by atoms with E-state index >= 15 is 0 Å². The number of carbonyl (C=O) groups excluding carboxylic acids is 2. The molecule has 1 heterocycles. The van der Waals surface area contributed by atoms with Crippen molar-refractivity contribution in [2.45, 2.75) is 19.8 Å². The Labute approximate surface area is 113 Å². The Hall–Kier alpha value is -2.10. The van der Waals surface area contributed by atoms with E-state index in [1.165, 1.54) is 0 Å². The highest BCUT2D eigenvalue weighted by molar-refractivity contribution is 5.97. The van der Waals surface area contributed by atoms with Crippen molar-refractivity contribution in [1.82, 2.24) is 4.90 Å². The molecule has 0 aliphatic carbocycles. The number of benzene rings is 1. The Morgan fingerprint density at radius 1 is 1.42 bits per heavy atom. The second-order valence-electron chi connectivity index (χ2n) is 5.04. The summed E-state index contributed by atoms with van der Waals surface area (Å²) < 4.78 is 0. The van der Waals surface area contributed by atoms with Crippen molar-refractivity contribution in [2.24, 2.45) is 0 Å². The van der Waals surface area contributed by atoms with E-state index in [0.717, 1.165) is 16.8 Å². The molecule has 1 aromatic rings. The third-order valence-corrected chi connectivity index (χ3v) is 3.10. The summed E-state index contributed by atoms with van der Waals surface area (Å²) in [5.41, 5.74) is 3.43. The van der Waals surface area contributed by atoms with Gasteiger partial charge in [0.2, 0.25) is 5.91 Å². The largest absolute Gasteiger partial charge is 0.338 e. The quantitative estimate of drug-likeness (QED) is 0.845. The minimum atomic E-state index is -0.0253. The van der Waals surface area contributed by atoms with Crippen LogP contribution in [-0.2, 0) is 11.2 Å². The van der Waals surface area contributed by atoms with Crippen molar-refractivity contribution in [3.8, 4) is 0 Å². The van der Waals surface area contributed by atoms with Crippen LogP contribution in [0, 0.1) is 0 Å². The van der Waals surface area contributed by atoms with Crippen molar-refractivity contribution >= 4 is 17.5 Å². The Bertz CT molecular complexity index is 549. The molecule has 1 aromatic carbocycles. The van der Waals surface area contributed by atoms with Crippen molar-refractivity contribution in [2.75, 3.05) is 18.9 Å². The van der Waals surface area contributed by atoms with Gasteiger partial charge in [0.25, 0.3) is 5.91 Å². The maximum Gasteiger partial charge on any atom is 0.253 e. The molecule has 1 aliphatic heterocycles. The molecular weight excluding hydrogens is 240 g/mol. The van der Waals surface area contributed by atoms with E-state index in [9.17, 15) is 9.59 Å². The number of hydrogen-bond donors (Lipinski definition) is 1. The molecule has 0 spiro atoms. The summed E-state index contributed by atoms with van der Waals surface area (Å²) in [6, 6.07) is 5.42. The van der Waals surface area contributed by atoms with Crippen LogP contribution in [0.2, 0.25) is 0 Å². The van der Waals surface area contributed by atoms with Gasteiger partial charge in [0.05, 0.1) is 0 Å². The zero-order valence-electron chi connectivity index (χ0n) is 11.3. The molecule has 100 valence electrons. The molecule has 1 aliphatic rings. The number of carbonyl (C=O) groups is 2. The lowest BCUT2D eigenvalue weighted by Crippen LogP contribution is -2.28. The summed E-state index contributed by atoms with van der Waals surface area (Å²) >= 11 is 0. The van der Waals surface area contributed by atoms with Gasteiger partial charge in [-0.05, 0) is 37.1 Å². The first-order chi connectivity index (χ1) is 8.97.